The minimum atomic E-state index is -0.389. The summed E-state index contributed by atoms with van der Waals surface area (Å²) in [4.78, 5) is 0. The first-order valence-electron chi connectivity index (χ1n) is 4.43. The van der Waals surface area contributed by atoms with Crippen molar-refractivity contribution in [2.75, 3.05) is 6.67 Å². The van der Waals surface area contributed by atoms with Crippen LogP contribution in [0.1, 0.15) is 29.9 Å². The molecule has 2 N–H and O–H groups in total. The lowest BCUT2D eigenvalue weighted by Gasteiger charge is -2.05. The van der Waals surface area contributed by atoms with Crippen LogP contribution in [0.3, 0.4) is 0 Å². The number of nitrogens with zero attached hydrogens (tertiary/aromatic N) is 2. The molecule has 0 fully saturated rings. The van der Waals surface area contributed by atoms with Gasteiger partial charge in [0, 0.05) is 17.3 Å². The lowest BCUT2D eigenvalue weighted by Crippen LogP contribution is -2.09. The van der Waals surface area contributed by atoms with Gasteiger partial charge in [-0.25, -0.2) is 4.39 Å². The average molecular weight is 185 g/mol. The van der Waals surface area contributed by atoms with Crippen LogP contribution in [0.5, 0.6) is 0 Å². The molecule has 0 saturated heterocycles. The van der Waals surface area contributed by atoms with Crippen LogP contribution in [0.15, 0.2) is 0 Å². The van der Waals surface area contributed by atoms with Crippen molar-refractivity contribution in [3.8, 4) is 0 Å². The minimum Gasteiger partial charge on any atom is -0.324 e. The Hall–Kier alpha value is -0.900. The molecule has 0 spiro atoms. The molecule has 0 aliphatic heterocycles. The van der Waals surface area contributed by atoms with E-state index in [4.69, 9.17) is 5.73 Å². The number of aryl methyl sites for hydroxylation is 2. The Morgan fingerprint density at radius 1 is 1.54 bits per heavy atom. The SMILES string of the molecule is Cc1nn(CCF)c(C)c1C(C)N. The maximum Gasteiger partial charge on any atom is 0.109 e. The molecule has 4 heteroatoms. The Labute approximate surface area is 77.7 Å². The summed E-state index contributed by atoms with van der Waals surface area (Å²) in [6, 6.07) is -0.0339. The molecule has 1 unspecified atom stereocenters. The molecular formula is C9H16FN3. The van der Waals surface area contributed by atoms with Crippen LogP contribution >= 0.6 is 0 Å². The van der Waals surface area contributed by atoms with E-state index >= 15 is 0 Å². The van der Waals surface area contributed by atoms with Crippen LogP contribution in [0.2, 0.25) is 0 Å². The topological polar surface area (TPSA) is 43.8 Å². The van der Waals surface area contributed by atoms with Crippen LogP contribution in [0, 0.1) is 13.8 Å². The number of nitrogens with two attached hydrogens (primary N) is 1. The molecule has 0 aliphatic rings. The van der Waals surface area contributed by atoms with E-state index in [0.29, 0.717) is 6.54 Å². The number of aromatic nitrogens is 2. The molecule has 1 rings (SSSR count). The second-order valence-corrected chi connectivity index (χ2v) is 3.29. The molecule has 1 atom stereocenters. The molecule has 1 aromatic heterocycles. The Kier molecular flexibility index (Phi) is 3.03. The van der Waals surface area contributed by atoms with Gasteiger partial charge in [-0.2, -0.15) is 5.10 Å². The largest absolute Gasteiger partial charge is 0.324 e. The van der Waals surface area contributed by atoms with Crippen molar-refractivity contribution < 1.29 is 4.39 Å². The first-order valence-corrected chi connectivity index (χ1v) is 4.43. The highest BCUT2D eigenvalue weighted by Crippen LogP contribution is 2.18. The molecule has 1 heterocycles. The second kappa shape index (κ2) is 3.87. The molecule has 0 saturated carbocycles. The molecule has 3 nitrogen and oxygen atoms in total. The fourth-order valence-electron chi connectivity index (χ4n) is 1.67. The summed E-state index contributed by atoms with van der Waals surface area (Å²) in [6.07, 6.45) is 0. The Morgan fingerprint density at radius 2 is 2.15 bits per heavy atom. The van der Waals surface area contributed by atoms with E-state index in [1.807, 2.05) is 20.8 Å². The van der Waals surface area contributed by atoms with Crippen LogP contribution in [0.4, 0.5) is 4.39 Å². The molecule has 0 bridgehead atoms. The van der Waals surface area contributed by atoms with Gasteiger partial charge in [0.1, 0.15) is 6.67 Å². The zero-order valence-corrected chi connectivity index (χ0v) is 8.34. The molecule has 0 aromatic carbocycles. The lowest BCUT2D eigenvalue weighted by atomic mass is 10.1. The van der Waals surface area contributed by atoms with Crippen LogP contribution < -0.4 is 5.73 Å². The van der Waals surface area contributed by atoms with Crippen molar-refractivity contribution in [1.29, 1.82) is 0 Å². The molecule has 0 radical (unpaired) electrons. The smallest absolute Gasteiger partial charge is 0.109 e. The molecule has 74 valence electrons. The van der Waals surface area contributed by atoms with Gasteiger partial charge in [0.15, 0.2) is 0 Å². The zero-order valence-electron chi connectivity index (χ0n) is 8.34. The maximum atomic E-state index is 12.1. The molecule has 0 aliphatic carbocycles. The van der Waals surface area contributed by atoms with Crippen molar-refractivity contribution in [2.45, 2.75) is 33.4 Å². The number of hydrogen-bond acceptors (Lipinski definition) is 2. The molecule has 13 heavy (non-hydrogen) atoms. The van der Waals surface area contributed by atoms with Crippen molar-refractivity contribution >= 4 is 0 Å². The molecule has 0 amide bonds. The summed E-state index contributed by atoms with van der Waals surface area (Å²) in [5.74, 6) is 0. The van der Waals surface area contributed by atoms with Gasteiger partial charge < -0.3 is 5.73 Å². The Bertz CT molecular complexity index is 291. The highest BCUT2D eigenvalue weighted by atomic mass is 19.1. The quantitative estimate of drug-likeness (QED) is 0.775. The number of halogens is 1. The first kappa shape index (κ1) is 10.2. The van der Waals surface area contributed by atoms with E-state index in [-0.39, 0.29) is 12.7 Å². The van der Waals surface area contributed by atoms with Gasteiger partial charge >= 0.3 is 0 Å². The van der Waals surface area contributed by atoms with Gasteiger partial charge in [0.25, 0.3) is 0 Å². The average Bonchev–Trinajstić information content (AvgIpc) is 2.28. The van der Waals surface area contributed by atoms with Crippen LogP contribution in [0.25, 0.3) is 0 Å². The highest BCUT2D eigenvalue weighted by molar-refractivity contribution is 5.27. The van der Waals surface area contributed by atoms with E-state index in [2.05, 4.69) is 5.10 Å². The number of alkyl halides is 1. The predicted molar refractivity (Wildman–Crippen MR) is 50.3 cm³/mol. The highest BCUT2D eigenvalue weighted by Gasteiger charge is 2.13. The van der Waals surface area contributed by atoms with Gasteiger partial charge in [0.05, 0.1) is 12.2 Å². The van der Waals surface area contributed by atoms with E-state index in [1.54, 1.807) is 4.68 Å². The molecule has 1 aromatic rings. The normalized spacial score (nSPS) is 13.3. The molecular weight excluding hydrogens is 169 g/mol. The fraction of sp³-hybridized carbons (Fsp3) is 0.667. The zero-order chi connectivity index (χ0) is 10.0. The van der Waals surface area contributed by atoms with Gasteiger partial charge in [0.2, 0.25) is 0 Å². The number of hydrogen-bond donors (Lipinski definition) is 1. The van der Waals surface area contributed by atoms with Crippen molar-refractivity contribution in [3.05, 3.63) is 17.0 Å². The second-order valence-electron chi connectivity index (χ2n) is 3.29. The predicted octanol–water partition coefficient (Wildman–Crippen LogP) is 1.49. The van der Waals surface area contributed by atoms with Crippen LogP contribution in [-0.4, -0.2) is 16.5 Å². The maximum absolute atomic E-state index is 12.1. The summed E-state index contributed by atoms with van der Waals surface area (Å²) in [5, 5.41) is 4.22. The van der Waals surface area contributed by atoms with Crippen molar-refractivity contribution in [2.24, 2.45) is 5.73 Å². The lowest BCUT2D eigenvalue weighted by molar-refractivity contribution is 0.422. The minimum absolute atomic E-state index is 0.0339. The fourth-order valence-corrected chi connectivity index (χ4v) is 1.67. The van der Waals surface area contributed by atoms with E-state index in [1.165, 1.54) is 0 Å². The first-order chi connectivity index (χ1) is 6.07. The van der Waals surface area contributed by atoms with Gasteiger partial charge in [-0.15, -0.1) is 0 Å². The summed E-state index contributed by atoms with van der Waals surface area (Å²) < 4.78 is 13.8. The summed E-state index contributed by atoms with van der Waals surface area (Å²) in [5.41, 5.74) is 8.69. The third-order valence-corrected chi connectivity index (χ3v) is 2.19. The van der Waals surface area contributed by atoms with Crippen molar-refractivity contribution in [3.63, 3.8) is 0 Å². The van der Waals surface area contributed by atoms with E-state index in [0.717, 1.165) is 17.0 Å². The summed E-state index contributed by atoms with van der Waals surface area (Å²) >= 11 is 0. The van der Waals surface area contributed by atoms with E-state index in [9.17, 15) is 4.39 Å². The van der Waals surface area contributed by atoms with Gasteiger partial charge in [-0.1, -0.05) is 0 Å². The third-order valence-electron chi connectivity index (χ3n) is 2.19. The van der Waals surface area contributed by atoms with Gasteiger partial charge in [-0.3, -0.25) is 4.68 Å². The van der Waals surface area contributed by atoms with E-state index < -0.39 is 0 Å². The Morgan fingerprint density at radius 3 is 2.54 bits per heavy atom. The third kappa shape index (κ3) is 1.88. The Balaban J connectivity index is 3.07. The van der Waals surface area contributed by atoms with Crippen molar-refractivity contribution in [1.82, 2.24) is 9.78 Å². The summed E-state index contributed by atoms with van der Waals surface area (Å²) in [6.45, 7) is 5.67. The van der Waals surface area contributed by atoms with Crippen LogP contribution in [-0.2, 0) is 6.54 Å². The number of rotatable bonds is 3. The summed E-state index contributed by atoms with van der Waals surface area (Å²) in [7, 11) is 0. The monoisotopic (exact) mass is 185 g/mol. The standard InChI is InChI=1S/C9H16FN3/c1-6(11)9-7(2)12-13(5-4-10)8(9)3/h6H,4-5,11H2,1-3H3. The van der Waals surface area contributed by atoms with Gasteiger partial charge in [-0.05, 0) is 20.8 Å².